The van der Waals surface area contributed by atoms with Crippen molar-refractivity contribution in [2.45, 2.75) is 25.4 Å². The van der Waals surface area contributed by atoms with Gasteiger partial charge in [0.1, 0.15) is 0 Å². The summed E-state index contributed by atoms with van der Waals surface area (Å²) in [5.74, 6) is 0. The standard InChI is InChI=1S/C16H16N2O.C7H6/c17-11-12-5-6-16(15-4-2-1-3-14(12)15)18-9-7-13(19)8-10-18;1-2-7-4-3-6(1)5-7/h1-6,13,19H,7-10H2;1-4H,5H2. The highest BCUT2D eigenvalue weighted by Crippen LogP contribution is 2.31. The topological polar surface area (TPSA) is 47.3 Å². The molecule has 2 aliphatic carbocycles. The number of hydrogen-bond acceptors (Lipinski definition) is 3. The summed E-state index contributed by atoms with van der Waals surface area (Å²) in [5.41, 5.74) is 4.82. The van der Waals surface area contributed by atoms with E-state index in [2.05, 4.69) is 41.3 Å². The lowest BCUT2D eigenvalue weighted by Crippen LogP contribution is -2.35. The Morgan fingerprint density at radius 3 is 2.12 bits per heavy atom. The molecule has 130 valence electrons. The molecule has 0 aromatic heterocycles. The fourth-order valence-corrected chi connectivity index (χ4v) is 3.77. The van der Waals surface area contributed by atoms with Crippen molar-refractivity contribution in [3.63, 3.8) is 0 Å². The highest BCUT2D eigenvalue weighted by Gasteiger charge is 2.19. The number of fused-ring (bicyclic) bond motifs is 3. The lowest BCUT2D eigenvalue weighted by molar-refractivity contribution is 0.145. The number of anilines is 1. The quantitative estimate of drug-likeness (QED) is 0.831. The number of nitriles is 1. The first-order chi connectivity index (χ1) is 12.7. The molecule has 0 amide bonds. The summed E-state index contributed by atoms with van der Waals surface area (Å²) >= 11 is 0. The minimum absolute atomic E-state index is 0.166. The van der Waals surface area contributed by atoms with E-state index in [9.17, 15) is 10.4 Å². The molecule has 5 rings (SSSR count). The normalized spacial score (nSPS) is 18.2. The molecule has 3 nitrogen and oxygen atoms in total. The first kappa shape index (κ1) is 16.6. The summed E-state index contributed by atoms with van der Waals surface area (Å²) in [6.07, 6.45) is 11.4. The Kier molecular flexibility index (Phi) is 4.60. The van der Waals surface area contributed by atoms with Gasteiger partial charge in [0.05, 0.1) is 17.7 Å². The smallest absolute Gasteiger partial charge is 0.0998 e. The van der Waals surface area contributed by atoms with Gasteiger partial charge in [-0.25, -0.2) is 0 Å². The fraction of sp³-hybridized carbons (Fsp3) is 0.261. The van der Waals surface area contributed by atoms with Crippen LogP contribution in [-0.2, 0) is 0 Å². The van der Waals surface area contributed by atoms with Crippen molar-refractivity contribution in [3.8, 4) is 6.07 Å². The summed E-state index contributed by atoms with van der Waals surface area (Å²) in [5, 5.41) is 20.9. The number of aliphatic hydroxyl groups excluding tert-OH is 1. The van der Waals surface area contributed by atoms with Gasteiger partial charge in [0, 0.05) is 29.5 Å². The number of hydrogen-bond donors (Lipinski definition) is 1. The third kappa shape index (κ3) is 3.29. The second-order valence-electron chi connectivity index (χ2n) is 7.00. The molecule has 0 radical (unpaired) electrons. The number of benzene rings is 2. The zero-order valence-electron chi connectivity index (χ0n) is 14.7. The van der Waals surface area contributed by atoms with Crippen LogP contribution in [0.25, 0.3) is 10.8 Å². The lowest BCUT2D eigenvalue weighted by atomic mass is 10.0. The van der Waals surface area contributed by atoms with Gasteiger partial charge in [0.25, 0.3) is 0 Å². The van der Waals surface area contributed by atoms with Gasteiger partial charge in [-0.15, -0.1) is 0 Å². The van der Waals surface area contributed by atoms with Crippen LogP contribution in [0.5, 0.6) is 0 Å². The van der Waals surface area contributed by atoms with E-state index in [1.165, 1.54) is 23.3 Å². The van der Waals surface area contributed by atoms with E-state index in [1.54, 1.807) is 0 Å². The molecule has 0 spiro atoms. The van der Waals surface area contributed by atoms with E-state index >= 15 is 0 Å². The third-order valence-electron chi connectivity index (χ3n) is 5.26. The molecule has 26 heavy (non-hydrogen) atoms. The van der Waals surface area contributed by atoms with Crippen LogP contribution in [0.15, 0.2) is 71.8 Å². The van der Waals surface area contributed by atoms with Gasteiger partial charge in [-0.1, -0.05) is 48.6 Å². The Bertz CT molecular complexity index is 934. The summed E-state index contributed by atoms with van der Waals surface area (Å²) in [7, 11) is 0. The minimum Gasteiger partial charge on any atom is -0.393 e. The maximum atomic E-state index is 9.60. The second-order valence-corrected chi connectivity index (χ2v) is 7.00. The number of rotatable bonds is 1. The highest BCUT2D eigenvalue weighted by atomic mass is 16.3. The predicted octanol–water partition coefficient (Wildman–Crippen LogP) is 4.49. The molecule has 2 aromatic rings. The summed E-state index contributed by atoms with van der Waals surface area (Å²) in [6.45, 7) is 1.74. The van der Waals surface area contributed by atoms with Gasteiger partial charge >= 0.3 is 0 Å². The van der Waals surface area contributed by atoms with Crippen molar-refractivity contribution in [1.82, 2.24) is 0 Å². The van der Waals surface area contributed by atoms with Crippen molar-refractivity contribution in [3.05, 3.63) is 77.4 Å². The molecule has 3 heteroatoms. The molecule has 1 N–H and O–H groups in total. The molecule has 0 atom stereocenters. The van der Waals surface area contributed by atoms with Gasteiger partial charge in [0.2, 0.25) is 0 Å². The van der Waals surface area contributed by atoms with Gasteiger partial charge in [-0.2, -0.15) is 5.26 Å². The number of allylic oxidation sites excluding steroid dienone is 6. The average molecular weight is 342 g/mol. The summed E-state index contributed by atoms with van der Waals surface area (Å²) < 4.78 is 0. The minimum atomic E-state index is -0.166. The van der Waals surface area contributed by atoms with Crippen LogP contribution in [0.3, 0.4) is 0 Å². The molecular weight excluding hydrogens is 320 g/mol. The molecule has 0 saturated carbocycles. The molecular formula is C23H22N2O. The van der Waals surface area contributed by atoms with Gasteiger partial charge in [-0.05, 0) is 42.5 Å². The maximum Gasteiger partial charge on any atom is 0.0998 e. The van der Waals surface area contributed by atoms with Crippen molar-refractivity contribution < 1.29 is 5.11 Å². The van der Waals surface area contributed by atoms with Crippen LogP contribution >= 0.6 is 0 Å². The average Bonchev–Trinajstić information content (AvgIpc) is 3.34. The van der Waals surface area contributed by atoms with Crippen molar-refractivity contribution in [1.29, 1.82) is 5.26 Å². The molecule has 1 heterocycles. The van der Waals surface area contributed by atoms with Crippen molar-refractivity contribution >= 4 is 16.5 Å². The first-order valence-electron chi connectivity index (χ1n) is 9.17. The van der Waals surface area contributed by atoms with Gasteiger partial charge in [-0.3, -0.25) is 0 Å². The second kappa shape index (κ2) is 7.19. The Hall–Kier alpha value is -2.83. The maximum absolute atomic E-state index is 9.60. The van der Waals surface area contributed by atoms with E-state index in [0.29, 0.717) is 0 Å². The number of nitrogens with zero attached hydrogens (tertiary/aromatic N) is 2. The van der Waals surface area contributed by atoms with Crippen LogP contribution < -0.4 is 4.90 Å². The van der Waals surface area contributed by atoms with E-state index < -0.39 is 0 Å². The van der Waals surface area contributed by atoms with Crippen LogP contribution in [0.4, 0.5) is 5.69 Å². The van der Waals surface area contributed by atoms with Crippen LogP contribution in [0.1, 0.15) is 24.8 Å². The molecule has 1 saturated heterocycles. The molecule has 2 bridgehead atoms. The van der Waals surface area contributed by atoms with E-state index in [1.807, 2.05) is 30.3 Å². The highest BCUT2D eigenvalue weighted by molar-refractivity contribution is 5.97. The Morgan fingerprint density at radius 1 is 0.923 bits per heavy atom. The molecule has 1 fully saturated rings. The fourth-order valence-electron chi connectivity index (χ4n) is 3.77. The monoisotopic (exact) mass is 342 g/mol. The van der Waals surface area contributed by atoms with Crippen molar-refractivity contribution in [2.75, 3.05) is 18.0 Å². The third-order valence-corrected chi connectivity index (χ3v) is 5.26. The SMILES string of the molecule is C1=CC2=CC=C1C2.N#Cc1ccc(N2CCC(O)CC2)c2ccccc12. The van der Waals surface area contributed by atoms with Crippen LogP contribution in [0.2, 0.25) is 0 Å². The lowest BCUT2D eigenvalue weighted by Gasteiger charge is -2.32. The van der Waals surface area contributed by atoms with Gasteiger partial charge < -0.3 is 10.0 Å². The van der Waals surface area contributed by atoms with E-state index in [-0.39, 0.29) is 6.10 Å². The predicted molar refractivity (Wildman–Crippen MR) is 106 cm³/mol. The molecule has 1 aliphatic heterocycles. The Balaban J connectivity index is 0.000000198. The van der Waals surface area contributed by atoms with E-state index in [0.717, 1.165) is 42.3 Å². The molecule has 2 aromatic carbocycles. The van der Waals surface area contributed by atoms with Crippen LogP contribution in [0, 0.1) is 11.3 Å². The number of aliphatic hydroxyl groups is 1. The number of piperidine rings is 1. The largest absolute Gasteiger partial charge is 0.393 e. The van der Waals surface area contributed by atoms with E-state index in [4.69, 9.17) is 0 Å². The van der Waals surface area contributed by atoms with Crippen LogP contribution in [-0.4, -0.2) is 24.3 Å². The van der Waals surface area contributed by atoms with Gasteiger partial charge in [0.15, 0.2) is 0 Å². The Labute approximate surface area is 154 Å². The van der Waals surface area contributed by atoms with Crippen molar-refractivity contribution in [2.24, 2.45) is 0 Å². The first-order valence-corrected chi connectivity index (χ1v) is 9.17. The zero-order chi connectivity index (χ0) is 17.9. The zero-order valence-corrected chi connectivity index (χ0v) is 14.7. The molecule has 3 aliphatic rings. The summed E-state index contributed by atoms with van der Waals surface area (Å²) in [6, 6.07) is 14.2. The Morgan fingerprint density at radius 2 is 1.58 bits per heavy atom. The molecule has 0 unspecified atom stereocenters. The summed E-state index contributed by atoms with van der Waals surface area (Å²) in [4.78, 5) is 2.30.